The van der Waals surface area contributed by atoms with Gasteiger partial charge in [0, 0.05) is 19.5 Å². The molecule has 0 saturated heterocycles. The first-order valence-corrected chi connectivity index (χ1v) is 7.02. The highest BCUT2D eigenvalue weighted by molar-refractivity contribution is 6.39. The molecule has 0 amide bonds. The van der Waals surface area contributed by atoms with Gasteiger partial charge in [-0.2, -0.15) is 0 Å². The van der Waals surface area contributed by atoms with E-state index in [9.17, 15) is 0 Å². The first-order valence-electron chi connectivity index (χ1n) is 5.73. The van der Waals surface area contributed by atoms with Crippen molar-refractivity contribution in [1.29, 1.82) is 0 Å². The van der Waals surface area contributed by atoms with Gasteiger partial charge in [0.1, 0.15) is 0 Å². The van der Waals surface area contributed by atoms with E-state index in [0.29, 0.717) is 21.8 Å². The Morgan fingerprint density at radius 2 is 1.71 bits per heavy atom. The van der Waals surface area contributed by atoms with Crippen LogP contribution in [0.4, 0.5) is 5.69 Å². The first kappa shape index (κ1) is 14.9. The molecule has 0 spiro atoms. The van der Waals surface area contributed by atoms with Gasteiger partial charge in [-0.1, -0.05) is 37.0 Å². The molecule has 96 valence electrons. The third-order valence-corrected chi connectivity index (χ3v) is 3.56. The van der Waals surface area contributed by atoms with E-state index < -0.39 is 0 Å². The summed E-state index contributed by atoms with van der Waals surface area (Å²) >= 11 is 18.3. The fourth-order valence-corrected chi connectivity index (χ4v) is 2.60. The summed E-state index contributed by atoms with van der Waals surface area (Å²) in [6, 6.07) is 3.98. The first-order chi connectivity index (χ1) is 7.97. The van der Waals surface area contributed by atoms with E-state index in [1.54, 1.807) is 0 Å². The van der Waals surface area contributed by atoms with Crippen molar-refractivity contribution in [3.8, 4) is 0 Å². The summed E-state index contributed by atoms with van der Waals surface area (Å²) in [7, 11) is 1.98. The van der Waals surface area contributed by atoms with E-state index in [4.69, 9.17) is 34.8 Å². The van der Waals surface area contributed by atoms with Crippen LogP contribution in [0.2, 0.25) is 10.0 Å². The summed E-state index contributed by atoms with van der Waals surface area (Å²) in [6.45, 7) is 5.10. The fourth-order valence-electron chi connectivity index (χ4n) is 1.69. The number of hydrogen-bond acceptors (Lipinski definition) is 1. The highest BCUT2D eigenvalue weighted by Gasteiger charge is 2.13. The second kappa shape index (κ2) is 6.72. The van der Waals surface area contributed by atoms with Crippen molar-refractivity contribution < 1.29 is 0 Å². The van der Waals surface area contributed by atoms with Crippen molar-refractivity contribution in [3.05, 3.63) is 27.7 Å². The highest BCUT2D eigenvalue weighted by atomic mass is 35.5. The molecule has 1 aromatic rings. The monoisotopic (exact) mass is 293 g/mol. The molecular formula is C13H18Cl3N. The van der Waals surface area contributed by atoms with Crippen molar-refractivity contribution in [1.82, 2.24) is 0 Å². The van der Waals surface area contributed by atoms with Gasteiger partial charge < -0.3 is 4.90 Å². The van der Waals surface area contributed by atoms with Gasteiger partial charge in [-0.15, -0.1) is 11.6 Å². The van der Waals surface area contributed by atoms with Crippen LogP contribution in [0.5, 0.6) is 0 Å². The van der Waals surface area contributed by atoms with Gasteiger partial charge in [-0.25, -0.2) is 0 Å². The Balaban J connectivity index is 3.00. The highest BCUT2D eigenvalue weighted by Crippen LogP contribution is 2.36. The fraction of sp³-hybridized carbons (Fsp3) is 0.538. The lowest BCUT2D eigenvalue weighted by molar-refractivity contribution is 0.848. The summed E-state index contributed by atoms with van der Waals surface area (Å²) in [4.78, 5) is 2.05. The lowest BCUT2D eigenvalue weighted by Gasteiger charge is -2.22. The van der Waals surface area contributed by atoms with Gasteiger partial charge >= 0.3 is 0 Å². The topological polar surface area (TPSA) is 3.24 Å². The molecule has 1 aromatic carbocycles. The minimum atomic E-state index is 0.423. The summed E-state index contributed by atoms with van der Waals surface area (Å²) in [6.07, 6.45) is 0.913. The molecular weight excluding hydrogens is 277 g/mol. The van der Waals surface area contributed by atoms with Gasteiger partial charge in [0.05, 0.1) is 15.7 Å². The molecule has 0 aliphatic rings. The van der Waals surface area contributed by atoms with Gasteiger partial charge in [0.2, 0.25) is 0 Å². The Hall–Kier alpha value is -0.110. The van der Waals surface area contributed by atoms with E-state index in [0.717, 1.165) is 24.2 Å². The maximum atomic E-state index is 6.29. The Bertz CT molecular complexity index is 354. The number of rotatable bonds is 5. The number of benzene rings is 1. The predicted octanol–water partition coefficient (Wildman–Crippen LogP) is 5.18. The van der Waals surface area contributed by atoms with Gasteiger partial charge in [-0.05, 0) is 30.0 Å². The van der Waals surface area contributed by atoms with Gasteiger partial charge in [0.25, 0.3) is 0 Å². The molecule has 0 unspecified atom stereocenters. The van der Waals surface area contributed by atoms with Crippen LogP contribution < -0.4 is 4.90 Å². The summed E-state index contributed by atoms with van der Waals surface area (Å²) in [5.74, 6) is 1.07. The average molecular weight is 295 g/mol. The molecule has 0 aliphatic carbocycles. The summed E-state index contributed by atoms with van der Waals surface area (Å²) < 4.78 is 0. The van der Waals surface area contributed by atoms with Gasteiger partial charge in [-0.3, -0.25) is 0 Å². The van der Waals surface area contributed by atoms with Gasteiger partial charge in [0.15, 0.2) is 0 Å². The van der Waals surface area contributed by atoms with Crippen molar-refractivity contribution >= 4 is 40.5 Å². The molecule has 0 aromatic heterocycles. The van der Waals surface area contributed by atoms with E-state index in [-0.39, 0.29) is 0 Å². The Labute approximate surface area is 119 Å². The largest absolute Gasteiger partial charge is 0.372 e. The van der Waals surface area contributed by atoms with E-state index in [1.165, 1.54) is 0 Å². The second-order valence-corrected chi connectivity index (χ2v) is 5.64. The standard InChI is InChI=1S/C13H18Cl3N/c1-9(2)10-7-11(15)13(12(16)8-10)17(3)6-4-5-14/h7-9H,4-6H2,1-3H3. The molecule has 0 N–H and O–H groups in total. The third-order valence-electron chi connectivity index (χ3n) is 2.71. The molecule has 0 heterocycles. The Kier molecular flexibility index (Phi) is 5.91. The van der Waals surface area contributed by atoms with Crippen LogP contribution in [0.1, 0.15) is 31.7 Å². The molecule has 1 nitrogen and oxygen atoms in total. The minimum Gasteiger partial charge on any atom is -0.372 e. The zero-order chi connectivity index (χ0) is 13.0. The molecule has 1 rings (SSSR count). The lowest BCUT2D eigenvalue weighted by atomic mass is 10.0. The molecule has 4 heteroatoms. The zero-order valence-electron chi connectivity index (χ0n) is 10.4. The SMILES string of the molecule is CC(C)c1cc(Cl)c(N(C)CCCCl)c(Cl)c1. The molecule has 0 aliphatic heterocycles. The smallest absolute Gasteiger partial charge is 0.0742 e. The van der Waals surface area contributed by atoms with Crippen LogP contribution in [0.3, 0.4) is 0 Å². The Morgan fingerprint density at radius 1 is 1.18 bits per heavy atom. The molecule has 0 bridgehead atoms. The second-order valence-electron chi connectivity index (χ2n) is 4.45. The van der Waals surface area contributed by atoms with Crippen LogP contribution in [-0.4, -0.2) is 19.5 Å². The van der Waals surface area contributed by atoms with Crippen LogP contribution in [0, 0.1) is 0 Å². The van der Waals surface area contributed by atoms with Crippen molar-refractivity contribution in [2.24, 2.45) is 0 Å². The molecule has 0 fully saturated rings. The number of anilines is 1. The molecule has 0 atom stereocenters. The van der Waals surface area contributed by atoms with Crippen LogP contribution in [0.25, 0.3) is 0 Å². The quantitative estimate of drug-likeness (QED) is 0.676. The number of nitrogens with zero attached hydrogens (tertiary/aromatic N) is 1. The van der Waals surface area contributed by atoms with Crippen LogP contribution >= 0.6 is 34.8 Å². The zero-order valence-corrected chi connectivity index (χ0v) is 12.7. The third kappa shape index (κ3) is 3.94. The normalized spacial score (nSPS) is 11.0. The summed E-state index contributed by atoms with van der Waals surface area (Å²) in [5, 5.41) is 1.41. The maximum absolute atomic E-state index is 6.29. The minimum absolute atomic E-state index is 0.423. The lowest BCUT2D eigenvalue weighted by Crippen LogP contribution is -2.19. The van der Waals surface area contributed by atoms with E-state index >= 15 is 0 Å². The number of alkyl halides is 1. The summed E-state index contributed by atoms with van der Waals surface area (Å²) in [5.41, 5.74) is 2.05. The Morgan fingerprint density at radius 3 is 2.12 bits per heavy atom. The molecule has 0 radical (unpaired) electrons. The number of hydrogen-bond donors (Lipinski definition) is 0. The number of halogens is 3. The van der Waals surface area contributed by atoms with Crippen LogP contribution in [0.15, 0.2) is 12.1 Å². The van der Waals surface area contributed by atoms with Crippen molar-refractivity contribution in [2.45, 2.75) is 26.2 Å². The van der Waals surface area contributed by atoms with Crippen LogP contribution in [-0.2, 0) is 0 Å². The molecule has 17 heavy (non-hydrogen) atoms. The van der Waals surface area contributed by atoms with Crippen molar-refractivity contribution in [3.63, 3.8) is 0 Å². The predicted molar refractivity (Wildman–Crippen MR) is 79.2 cm³/mol. The van der Waals surface area contributed by atoms with E-state index in [2.05, 4.69) is 18.7 Å². The average Bonchev–Trinajstić information content (AvgIpc) is 2.25. The van der Waals surface area contributed by atoms with Crippen molar-refractivity contribution in [2.75, 3.05) is 24.4 Å². The van der Waals surface area contributed by atoms with E-state index in [1.807, 2.05) is 19.2 Å². The maximum Gasteiger partial charge on any atom is 0.0742 e. The molecule has 0 saturated carbocycles.